The quantitative estimate of drug-likeness (QED) is 0.532. The minimum absolute atomic E-state index is 0.343. The summed E-state index contributed by atoms with van der Waals surface area (Å²) in [6.07, 6.45) is 16.4. The molecular formula is C26H39NO. The van der Waals surface area contributed by atoms with E-state index in [2.05, 4.69) is 44.1 Å². The lowest BCUT2D eigenvalue weighted by atomic mass is 9.47. The van der Waals surface area contributed by atoms with Crippen molar-refractivity contribution < 1.29 is 4.74 Å². The van der Waals surface area contributed by atoms with E-state index in [0.29, 0.717) is 16.9 Å². The van der Waals surface area contributed by atoms with Gasteiger partial charge in [0.1, 0.15) is 0 Å². The average molecular weight is 382 g/mol. The van der Waals surface area contributed by atoms with E-state index in [1.165, 1.54) is 56.1 Å². The van der Waals surface area contributed by atoms with Crippen LogP contribution in [0.15, 0.2) is 24.5 Å². The van der Waals surface area contributed by atoms with E-state index >= 15 is 0 Å². The Hall–Kier alpha value is -1.15. The molecule has 154 valence electrons. The van der Waals surface area contributed by atoms with Crippen LogP contribution in [0.5, 0.6) is 0 Å². The van der Waals surface area contributed by atoms with Gasteiger partial charge in [-0.15, -0.1) is 0 Å². The molecule has 28 heavy (non-hydrogen) atoms. The molecule has 1 aromatic rings. The predicted molar refractivity (Wildman–Crippen MR) is 117 cm³/mol. The summed E-state index contributed by atoms with van der Waals surface area (Å²) in [5.74, 6) is 2.56. The molecule has 5 rings (SSSR count). The monoisotopic (exact) mass is 381 g/mol. The highest BCUT2D eigenvalue weighted by atomic mass is 16.5. The van der Waals surface area contributed by atoms with Gasteiger partial charge >= 0.3 is 0 Å². The summed E-state index contributed by atoms with van der Waals surface area (Å²) in [5.41, 5.74) is 5.00. The number of pyridine rings is 1. The zero-order valence-corrected chi connectivity index (χ0v) is 18.6. The number of ether oxygens (including phenoxy) is 1. The van der Waals surface area contributed by atoms with Crippen molar-refractivity contribution in [3.8, 4) is 0 Å². The Morgan fingerprint density at radius 1 is 1.04 bits per heavy atom. The Labute approximate surface area is 172 Å². The van der Waals surface area contributed by atoms with E-state index in [0.717, 1.165) is 24.4 Å². The highest BCUT2D eigenvalue weighted by Crippen LogP contribution is 2.65. The molecular weight excluding hydrogens is 342 g/mol. The minimum Gasteiger partial charge on any atom is -0.378 e. The lowest BCUT2D eigenvalue weighted by molar-refractivity contribution is -0.168. The highest BCUT2D eigenvalue weighted by Gasteiger charge is 2.58. The molecule has 4 unspecified atom stereocenters. The molecule has 3 fully saturated rings. The molecule has 2 nitrogen and oxygen atoms in total. The normalized spacial score (nSPS) is 41.7. The maximum atomic E-state index is 6.25. The molecule has 1 aliphatic heterocycles. The summed E-state index contributed by atoms with van der Waals surface area (Å²) < 4.78 is 6.25. The molecule has 3 aliphatic carbocycles. The molecule has 0 radical (unpaired) electrons. The third-order valence-electron chi connectivity index (χ3n) is 8.73. The maximum absolute atomic E-state index is 6.25. The third kappa shape index (κ3) is 2.98. The van der Waals surface area contributed by atoms with E-state index in [4.69, 9.17) is 4.74 Å². The Kier molecular flexibility index (Phi) is 5.46. The number of allylic oxidation sites excluding steroid dienone is 2. The summed E-state index contributed by atoms with van der Waals surface area (Å²) in [7, 11) is 0. The average Bonchev–Trinajstić information content (AvgIpc) is 3.06. The number of aromatic nitrogens is 1. The molecule has 1 saturated heterocycles. The molecule has 2 heteroatoms. The van der Waals surface area contributed by atoms with Gasteiger partial charge in [0.15, 0.2) is 0 Å². The number of fused-ring (bicyclic) bond motifs is 5. The Bertz CT molecular complexity index is 740. The van der Waals surface area contributed by atoms with Crippen molar-refractivity contribution in [3.05, 3.63) is 35.7 Å². The van der Waals surface area contributed by atoms with Crippen LogP contribution >= 0.6 is 0 Å². The van der Waals surface area contributed by atoms with Gasteiger partial charge in [-0.25, -0.2) is 0 Å². The Balaban J connectivity index is 0.000000932. The molecule has 1 aromatic heterocycles. The Morgan fingerprint density at radius 3 is 2.64 bits per heavy atom. The summed E-state index contributed by atoms with van der Waals surface area (Å²) in [4.78, 5) is 4.49. The summed E-state index contributed by atoms with van der Waals surface area (Å²) in [5, 5.41) is 0. The molecule has 0 spiro atoms. The molecule has 0 amide bonds. The van der Waals surface area contributed by atoms with Crippen LogP contribution in [0, 0.1) is 35.5 Å². The van der Waals surface area contributed by atoms with E-state index in [1.807, 2.05) is 20.0 Å². The van der Waals surface area contributed by atoms with Gasteiger partial charge in [-0.1, -0.05) is 33.8 Å². The van der Waals surface area contributed by atoms with Gasteiger partial charge in [0, 0.05) is 19.0 Å². The van der Waals surface area contributed by atoms with Crippen molar-refractivity contribution in [1.29, 1.82) is 0 Å². The van der Waals surface area contributed by atoms with Crippen LogP contribution in [-0.2, 0) is 4.74 Å². The number of hydrogen-bond donors (Lipinski definition) is 0. The van der Waals surface area contributed by atoms with Crippen molar-refractivity contribution in [2.24, 2.45) is 28.6 Å². The largest absolute Gasteiger partial charge is 0.378 e. The fourth-order valence-corrected chi connectivity index (χ4v) is 7.44. The first-order valence-corrected chi connectivity index (χ1v) is 11.8. The van der Waals surface area contributed by atoms with Crippen LogP contribution < -0.4 is 0 Å². The molecule has 0 N–H and O–H groups in total. The summed E-state index contributed by atoms with van der Waals surface area (Å²) in [6, 6.07) is 2.34. The lowest BCUT2D eigenvalue weighted by Gasteiger charge is -2.59. The number of aryl methyl sites for hydroxylation is 1. The second-order valence-corrected chi connectivity index (χ2v) is 9.98. The van der Waals surface area contributed by atoms with Crippen molar-refractivity contribution >= 4 is 5.57 Å². The fourth-order valence-electron chi connectivity index (χ4n) is 7.44. The fraction of sp³-hybridized carbons (Fsp3) is 0.731. The van der Waals surface area contributed by atoms with E-state index < -0.39 is 0 Å². The van der Waals surface area contributed by atoms with Crippen molar-refractivity contribution in [1.82, 2.24) is 4.98 Å². The maximum Gasteiger partial charge on any atom is 0.0631 e. The third-order valence-corrected chi connectivity index (χ3v) is 8.73. The van der Waals surface area contributed by atoms with Gasteiger partial charge < -0.3 is 4.74 Å². The Morgan fingerprint density at radius 2 is 1.86 bits per heavy atom. The van der Waals surface area contributed by atoms with Crippen molar-refractivity contribution in [2.75, 3.05) is 6.61 Å². The summed E-state index contributed by atoms with van der Waals surface area (Å²) in [6.45, 7) is 12.3. The molecule has 2 saturated carbocycles. The highest BCUT2D eigenvalue weighted by molar-refractivity contribution is 5.72. The summed E-state index contributed by atoms with van der Waals surface area (Å²) >= 11 is 0. The smallest absolute Gasteiger partial charge is 0.0631 e. The van der Waals surface area contributed by atoms with E-state index in [9.17, 15) is 0 Å². The zero-order chi connectivity index (χ0) is 19.9. The predicted octanol–water partition coefficient (Wildman–Crippen LogP) is 6.83. The van der Waals surface area contributed by atoms with Gasteiger partial charge in [-0.05, 0) is 103 Å². The van der Waals surface area contributed by atoms with Crippen LogP contribution in [0.4, 0.5) is 0 Å². The molecule has 0 aromatic carbocycles. The SMILES string of the molecule is CC.Cc1cncc(C2=CC[C@H]3C4CCC5OCCCC5(C)[C@H]4CCC23C)c1. The topological polar surface area (TPSA) is 22.1 Å². The molecule has 0 bridgehead atoms. The van der Waals surface area contributed by atoms with Gasteiger partial charge in [-0.2, -0.15) is 0 Å². The van der Waals surface area contributed by atoms with Gasteiger partial charge in [0.25, 0.3) is 0 Å². The van der Waals surface area contributed by atoms with Crippen LogP contribution in [-0.4, -0.2) is 17.7 Å². The number of hydrogen-bond acceptors (Lipinski definition) is 2. The minimum atomic E-state index is 0.343. The first kappa shape index (κ1) is 20.1. The van der Waals surface area contributed by atoms with Gasteiger partial charge in [-0.3, -0.25) is 4.98 Å². The lowest BCUT2D eigenvalue weighted by Crippen LogP contribution is -2.55. The van der Waals surface area contributed by atoms with Gasteiger partial charge in [0.05, 0.1) is 6.10 Å². The number of nitrogens with zero attached hydrogens (tertiary/aromatic N) is 1. The first-order chi connectivity index (χ1) is 13.5. The standard InChI is InChI=1S/C24H33NO.C2H6/c1-16-13-17(15-25-14-16)19-6-7-20-18-5-8-22-24(3,10-4-12-26-22)21(18)9-11-23(19,20)2;1-2/h6,13-15,18,20-22H,4-5,7-12H2,1-3H3;1-2H3/t18?,20-,21-,22?,23?,24?;/m0./s1. The van der Waals surface area contributed by atoms with Crippen LogP contribution in [0.3, 0.4) is 0 Å². The molecule has 4 aliphatic rings. The van der Waals surface area contributed by atoms with Crippen molar-refractivity contribution in [2.45, 2.75) is 85.7 Å². The second kappa shape index (κ2) is 7.59. The first-order valence-electron chi connectivity index (χ1n) is 11.8. The second-order valence-electron chi connectivity index (χ2n) is 9.98. The van der Waals surface area contributed by atoms with Crippen LogP contribution in [0.1, 0.15) is 83.8 Å². The van der Waals surface area contributed by atoms with Crippen molar-refractivity contribution in [3.63, 3.8) is 0 Å². The number of rotatable bonds is 1. The van der Waals surface area contributed by atoms with E-state index in [-0.39, 0.29) is 0 Å². The van der Waals surface area contributed by atoms with E-state index in [1.54, 1.807) is 5.57 Å². The molecule has 6 atom stereocenters. The zero-order valence-electron chi connectivity index (χ0n) is 18.6. The van der Waals surface area contributed by atoms with Crippen LogP contribution in [0.25, 0.3) is 5.57 Å². The molecule has 2 heterocycles. The van der Waals surface area contributed by atoms with Crippen LogP contribution in [0.2, 0.25) is 0 Å². The van der Waals surface area contributed by atoms with Gasteiger partial charge in [0.2, 0.25) is 0 Å².